The molecule has 1 rings (SSSR count). The van der Waals surface area contributed by atoms with Gasteiger partial charge in [-0.1, -0.05) is 12.1 Å². The maximum Gasteiger partial charge on any atom is 0.119 e. The normalized spacial score (nSPS) is 13.8. The van der Waals surface area contributed by atoms with Crippen molar-refractivity contribution in [2.75, 3.05) is 13.7 Å². The second-order valence-corrected chi connectivity index (χ2v) is 4.09. The lowest BCUT2D eigenvalue weighted by molar-refractivity contribution is 0.271. The zero-order valence-corrected chi connectivity index (χ0v) is 10.2. The first kappa shape index (κ1) is 13.5. The molecule has 17 heavy (non-hydrogen) atoms. The van der Waals surface area contributed by atoms with E-state index in [9.17, 15) is 0 Å². The first-order valence-corrected chi connectivity index (χ1v) is 5.56. The third kappa shape index (κ3) is 4.06. The lowest BCUT2D eigenvalue weighted by atomic mass is 10.0. The fraction of sp³-hybridized carbons (Fsp3) is 0.462. The summed E-state index contributed by atoms with van der Waals surface area (Å²) in [6.45, 7) is 2.35. The Balaban J connectivity index is 2.43. The molecule has 0 aliphatic heterocycles. The van der Waals surface area contributed by atoms with Gasteiger partial charge in [-0.15, -0.1) is 0 Å². The van der Waals surface area contributed by atoms with Crippen LogP contribution in [0.25, 0.3) is 0 Å². The number of aliphatic hydroxyl groups is 1. The van der Waals surface area contributed by atoms with E-state index in [0.717, 1.165) is 11.3 Å². The number of nitrogens with one attached hydrogen (secondary N) is 1. The minimum atomic E-state index is -0.551. The lowest BCUT2D eigenvalue weighted by Gasteiger charge is -2.20. The van der Waals surface area contributed by atoms with Crippen molar-refractivity contribution in [1.29, 1.82) is 5.26 Å². The zero-order chi connectivity index (χ0) is 12.7. The van der Waals surface area contributed by atoms with Gasteiger partial charge in [0.25, 0.3) is 0 Å². The Kier molecular flexibility index (Phi) is 4.95. The largest absolute Gasteiger partial charge is 0.493 e. The summed E-state index contributed by atoms with van der Waals surface area (Å²) in [6, 6.07) is 9.47. The summed E-state index contributed by atoms with van der Waals surface area (Å²) in [4.78, 5) is 0. The van der Waals surface area contributed by atoms with Crippen molar-refractivity contribution < 1.29 is 9.84 Å². The maximum absolute atomic E-state index is 8.95. The van der Waals surface area contributed by atoms with Crippen molar-refractivity contribution in [3.05, 3.63) is 29.8 Å². The minimum Gasteiger partial charge on any atom is -0.493 e. The minimum absolute atomic E-state index is 0.0343. The molecule has 4 heteroatoms. The smallest absolute Gasteiger partial charge is 0.119 e. The Morgan fingerprint density at radius 1 is 1.41 bits per heavy atom. The summed E-state index contributed by atoms with van der Waals surface area (Å²) in [6.07, 6.45) is 0.613. The molecule has 0 fully saturated rings. The standard InChI is InChI=1S/C13H18N2O2/c1-13(10-14,15-2)7-8-17-12-5-3-11(9-16)4-6-12/h3-6,15-16H,7-9H2,1-2H3. The predicted molar refractivity (Wildman–Crippen MR) is 65.6 cm³/mol. The van der Waals surface area contributed by atoms with Gasteiger partial charge >= 0.3 is 0 Å². The Bertz CT molecular complexity index is 383. The van der Waals surface area contributed by atoms with Crippen LogP contribution in [0.1, 0.15) is 18.9 Å². The van der Waals surface area contributed by atoms with Gasteiger partial charge in [-0.2, -0.15) is 5.26 Å². The topological polar surface area (TPSA) is 65.3 Å². The first-order chi connectivity index (χ1) is 8.13. The van der Waals surface area contributed by atoms with Crippen LogP contribution in [0, 0.1) is 11.3 Å². The predicted octanol–water partition coefficient (Wildman–Crippen LogP) is 1.45. The van der Waals surface area contributed by atoms with Crippen molar-refractivity contribution in [2.24, 2.45) is 0 Å². The Hall–Kier alpha value is -1.57. The molecular formula is C13H18N2O2. The van der Waals surface area contributed by atoms with Crippen molar-refractivity contribution in [2.45, 2.75) is 25.5 Å². The molecule has 0 aromatic heterocycles. The maximum atomic E-state index is 8.95. The molecule has 0 heterocycles. The molecule has 4 nitrogen and oxygen atoms in total. The molecular weight excluding hydrogens is 216 g/mol. The Morgan fingerprint density at radius 2 is 2.06 bits per heavy atom. The van der Waals surface area contributed by atoms with Gasteiger partial charge in [-0.25, -0.2) is 0 Å². The number of nitrogens with zero attached hydrogens (tertiary/aromatic N) is 1. The molecule has 1 aromatic carbocycles. The van der Waals surface area contributed by atoms with E-state index in [1.807, 2.05) is 31.2 Å². The van der Waals surface area contributed by atoms with Gasteiger partial charge in [-0.3, -0.25) is 0 Å². The lowest BCUT2D eigenvalue weighted by Crippen LogP contribution is -2.39. The number of aliphatic hydroxyl groups excluding tert-OH is 1. The summed E-state index contributed by atoms with van der Waals surface area (Å²) < 4.78 is 5.53. The van der Waals surface area contributed by atoms with Gasteiger partial charge in [-0.05, 0) is 31.7 Å². The molecule has 0 bridgehead atoms. The Morgan fingerprint density at radius 3 is 2.53 bits per heavy atom. The molecule has 0 aliphatic rings. The molecule has 2 N–H and O–H groups in total. The van der Waals surface area contributed by atoms with Crippen molar-refractivity contribution in [3.63, 3.8) is 0 Å². The molecule has 1 aromatic rings. The second kappa shape index (κ2) is 6.24. The van der Waals surface area contributed by atoms with Crippen LogP contribution in [0.2, 0.25) is 0 Å². The number of rotatable bonds is 6. The molecule has 0 radical (unpaired) electrons. The van der Waals surface area contributed by atoms with Gasteiger partial charge in [0.05, 0.1) is 19.3 Å². The van der Waals surface area contributed by atoms with Gasteiger partial charge in [0.2, 0.25) is 0 Å². The third-order valence-electron chi connectivity index (χ3n) is 2.78. The van der Waals surface area contributed by atoms with Crippen LogP contribution < -0.4 is 10.1 Å². The molecule has 1 atom stereocenters. The van der Waals surface area contributed by atoms with E-state index in [2.05, 4.69) is 11.4 Å². The van der Waals surface area contributed by atoms with Crippen LogP contribution >= 0.6 is 0 Å². The summed E-state index contributed by atoms with van der Waals surface area (Å²) >= 11 is 0. The molecule has 0 amide bonds. The Labute approximate surface area is 102 Å². The van der Waals surface area contributed by atoms with Gasteiger partial charge in [0, 0.05) is 6.42 Å². The summed E-state index contributed by atoms with van der Waals surface area (Å²) in [7, 11) is 1.76. The molecule has 1 unspecified atom stereocenters. The van der Waals surface area contributed by atoms with Gasteiger partial charge < -0.3 is 15.2 Å². The quantitative estimate of drug-likeness (QED) is 0.782. The number of ether oxygens (including phenoxy) is 1. The van der Waals surface area contributed by atoms with E-state index < -0.39 is 5.54 Å². The van der Waals surface area contributed by atoms with Crippen LogP contribution in [0.15, 0.2) is 24.3 Å². The van der Waals surface area contributed by atoms with E-state index >= 15 is 0 Å². The highest BCUT2D eigenvalue weighted by molar-refractivity contribution is 5.26. The van der Waals surface area contributed by atoms with E-state index in [1.54, 1.807) is 7.05 Å². The first-order valence-electron chi connectivity index (χ1n) is 5.56. The van der Waals surface area contributed by atoms with E-state index in [1.165, 1.54) is 0 Å². The highest BCUT2D eigenvalue weighted by Gasteiger charge is 2.20. The summed E-state index contributed by atoms with van der Waals surface area (Å²) in [5, 5.41) is 20.8. The van der Waals surface area contributed by atoms with Crippen molar-refractivity contribution >= 4 is 0 Å². The summed E-state index contributed by atoms with van der Waals surface area (Å²) in [5.41, 5.74) is 0.305. The average Bonchev–Trinajstić information content (AvgIpc) is 2.39. The van der Waals surface area contributed by atoms with Crippen molar-refractivity contribution in [1.82, 2.24) is 5.32 Å². The van der Waals surface area contributed by atoms with Gasteiger partial charge in [0.15, 0.2) is 0 Å². The zero-order valence-electron chi connectivity index (χ0n) is 10.2. The van der Waals surface area contributed by atoms with Crippen LogP contribution in [-0.4, -0.2) is 24.3 Å². The van der Waals surface area contributed by atoms with Gasteiger partial charge in [0.1, 0.15) is 11.3 Å². The number of hydrogen-bond donors (Lipinski definition) is 2. The second-order valence-electron chi connectivity index (χ2n) is 4.09. The number of benzene rings is 1. The molecule has 0 saturated carbocycles. The average molecular weight is 234 g/mol. The fourth-order valence-electron chi connectivity index (χ4n) is 1.30. The number of hydrogen-bond acceptors (Lipinski definition) is 4. The molecule has 0 spiro atoms. The van der Waals surface area contributed by atoms with E-state index in [0.29, 0.717) is 13.0 Å². The highest BCUT2D eigenvalue weighted by Crippen LogP contribution is 2.14. The van der Waals surface area contributed by atoms with E-state index in [4.69, 9.17) is 15.1 Å². The van der Waals surface area contributed by atoms with Crippen LogP contribution in [-0.2, 0) is 6.61 Å². The monoisotopic (exact) mass is 234 g/mol. The van der Waals surface area contributed by atoms with Crippen LogP contribution in [0.5, 0.6) is 5.75 Å². The molecule has 92 valence electrons. The fourth-order valence-corrected chi connectivity index (χ4v) is 1.30. The highest BCUT2D eigenvalue weighted by atomic mass is 16.5. The van der Waals surface area contributed by atoms with Crippen molar-refractivity contribution in [3.8, 4) is 11.8 Å². The van der Waals surface area contributed by atoms with Crippen LogP contribution in [0.4, 0.5) is 0 Å². The molecule has 0 aliphatic carbocycles. The number of nitriles is 1. The summed E-state index contributed by atoms with van der Waals surface area (Å²) in [5.74, 6) is 0.749. The third-order valence-corrected chi connectivity index (χ3v) is 2.78. The van der Waals surface area contributed by atoms with E-state index in [-0.39, 0.29) is 6.61 Å². The van der Waals surface area contributed by atoms with Crippen LogP contribution in [0.3, 0.4) is 0 Å². The molecule has 0 saturated heterocycles. The SMILES string of the molecule is CNC(C)(C#N)CCOc1ccc(CO)cc1.